The van der Waals surface area contributed by atoms with Gasteiger partial charge in [-0.05, 0) is 12.1 Å². The molecule has 15 heavy (non-hydrogen) atoms. The number of halogens is 1. The van der Waals surface area contributed by atoms with E-state index >= 15 is 0 Å². The van der Waals surface area contributed by atoms with Crippen molar-refractivity contribution in [2.45, 2.75) is 13.1 Å². The smallest absolute Gasteiger partial charge is 0.146 e. The molecule has 0 aliphatic heterocycles. The lowest BCUT2D eigenvalue weighted by Gasteiger charge is -2.02. The molecular formula is C10H10FN3S. The summed E-state index contributed by atoms with van der Waals surface area (Å²) in [6, 6.07) is 2.99. The number of nitrogens with zero attached hydrogens (tertiary/aromatic N) is 2. The summed E-state index contributed by atoms with van der Waals surface area (Å²) in [6.45, 7) is 1.06. The highest BCUT2D eigenvalue weighted by Crippen LogP contribution is 2.03. The monoisotopic (exact) mass is 223 g/mol. The Bertz CT molecular complexity index is 416. The summed E-state index contributed by atoms with van der Waals surface area (Å²) in [4.78, 5) is 8.05. The van der Waals surface area contributed by atoms with Gasteiger partial charge < -0.3 is 5.32 Å². The average molecular weight is 223 g/mol. The van der Waals surface area contributed by atoms with Crippen molar-refractivity contribution in [3.8, 4) is 0 Å². The second-order valence-corrected chi connectivity index (χ2v) is 3.73. The topological polar surface area (TPSA) is 37.8 Å². The number of hydrogen-bond acceptors (Lipinski definition) is 4. The van der Waals surface area contributed by atoms with Gasteiger partial charge in [-0.15, -0.1) is 11.3 Å². The highest BCUT2D eigenvalue weighted by Gasteiger charge is 2.01. The lowest BCUT2D eigenvalue weighted by Crippen LogP contribution is -2.14. The molecule has 0 aliphatic carbocycles. The minimum absolute atomic E-state index is 0.275. The molecule has 0 radical (unpaired) electrons. The first kappa shape index (κ1) is 10.2. The van der Waals surface area contributed by atoms with Gasteiger partial charge in [0.2, 0.25) is 0 Å². The van der Waals surface area contributed by atoms with E-state index in [4.69, 9.17) is 0 Å². The largest absolute Gasteiger partial charge is 0.305 e. The molecule has 0 aliphatic rings. The van der Waals surface area contributed by atoms with Crippen LogP contribution >= 0.6 is 11.3 Å². The first-order valence-electron chi connectivity index (χ1n) is 4.53. The van der Waals surface area contributed by atoms with Gasteiger partial charge in [0, 0.05) is 24.7 Å². The number of hydrogen-bond donors (Lipinski definition) is 1. The third-order valence-electron chi connectivity index (χ3n) is 1.92. The Morgan fingerprint density at radius 2 is 2.27 bits per heavy atom. The van der Waals surface area contributed by atoms with Crippen molar-refractivity contribution >= 4 is 11.3 Å². The molecule has 0 fully saturated rings. The molecule has 0 spiro atoms. The Hall–Kier alpha value is -1.33. The number of aromatic nitrogens is 2. The Morgan fingerprint density at radius 1 is 1.33 bits per heavy atom. The van der Waals surface area contributed by atoms with Crippen LogP contribution in [-0.4, -0.2) is 9.97 Å². The highest BCUT2D eigenvalue weighted by molar-refractivity contribution is 7.07. The standard InChI is InChI=1S/C10H10FN3S/c11-9-2-1-3-13-10(9)5-12-4-8-6-15-7-14-8/h1-3,6-7,12H,4-5H2. The van der Waals surface area contributed by atoms with Gasteiger partial charge in [-0.25, -0.2) is 9.37 Å². The lowest BCUT2D eigenvalue weighted by atomic mass is 10.3. The molecule has 0 saturated carbocycles. The first-order chi connectivity index (χ1) is 7.36. The average Bonchev–Trinajstić information content (AvgIpc) is 2.74. The summed E-state index contributed by atoms with van der Waals surface area (Å²) >= 11 is 1.55. The van der Waals surface area contributed by atoms with Crippen molar-refractivity contribution in [2.75, 3.05) is 0 Å². The molecule has 3 nitrogen and oxygen atoms in total. The third-order valence-corrected chi connectivity index (χ3v) is 2.55. The van der Waals surface area contributed by atoms with Gasteiger partial charge >= 0.3 is 0 Å². The summed E-state index contributed by atoms with van der Waals surface area (Å²) in [7, 11) is 0. The van der Waals surface area contributed by atoms with Gasteiger partial charge in [0.15, 0.2) is 0 Å². The molecule has 2 rings (SSSR count). The second-order valence-electron chi connectivity index (χ2n) is 3.02. The van der Waals surface area contributed by atoms with Crippen LogP contribution in [0.4, 0.5) is 4.39 Å². The van der Waals surface area contributed by atoms with Gasteiger partial charge in [-0.2, -0.15) is 0 Å². The van der Waals surface area contributed by atoms with Gasteiger partial charge in [-0.1, -0.05) is 0 Å². The van der Waals surface area contributed by atoms with E-state index in [1.807, 2.05) is 5.38 Å². The molecule has 5 heteroatoms. The zero-order chi connectivity index (χ0) is 10.5. The Balaban J connectivity index is 1.86. The fourth-order valence-electron chi connectivity index (χ4n) is 1.18. The maximum atomic E-state index is 13.1. The van der Waals surface area contributed by atoms with E-state index in [9.17, 15) is 4.39 Å². The molecule has 1 N–H and O–H groups in total. The number of thiazole rings is 1. The van der Waals surface area contributed by atoms with E-state index in [1.54, 1.807) is 29.1 Å². The molecule has 0 bridgehead atoms. The van der Waals surface area contributed by atoms with E-state index in [-0.39, 0.29) is 5.82 Å². The van der Waals surface area contributed by atoms with Crippen LogP contribution in [0.5, 0.6) is 0 Å². The number of rotatable bonds is 4. The first-order valence-corrected chi connectivity index (χ1v) is 5.48. The number of nitrogens with one attached hydrogen (secondary N) is 1. The third kappa shape index (κ3) is 2.81. The minimum Gasteiger partial charge on any atom is -0.305 e. The SMILES string of the molecule is Fc1cccnc1CNCc1cscn1. The maximum absolute atomic E-state index is 13.1. The molecule has 0 aromatic carbocycles. The maximum Gasteiger partial charge on any atom is 0.146 e. The van der Waals surface area contributed by atoms with E-state index < -0.39 is 0 Å². The van der Waals surface area contributed by atoms with E-state index in [0.717, 1.165) is 5.69 Å². The van der Waals surface area contributed by atoms with Gasteiger partial charge in [0.05, 0.1) is 16.9 Å². The molecule has 0 saturated heterocycles. The molecule has 78 valence electrons. The fraction of sp³-hybridized carbons (Fsp3) is 0.200. The fourth-order valence-corrected chi connectivity index (χ4v) is 1.74. The zero-order valence-corrected chi connectivity index (χ0v) is 8.80. The Morgan fingerprint density at radius 3 is 3.00 bits per heavy atom. The molecule has 2 aromatic heterocycles. The summed E-state index contributed by atoms with van der Waals surface area (Å²) in [6.07, 6.45) is 1.59. The molecule has 2 aromatic rings. The molecular weight excluding hydrogens is 213 g/mol. The van der Waals surface area contributed by atoms with Crippen LogP contribution in [0.25, 0.3) is 0 Å². The number of pyridine rings is 1. The summed E-state index contributed by atoms with van der Waals surface area (Å²) in [5.41, 5.74) is 3.18. The van der Waals surface area contributed by atoms with E-state index in [1.165, 1.54) is 6.07 Å². The van der Waals surface area contributed by atoms with Crippen LogP contribution in [0.2, 0.25) is 0 Å². The predicted octanol–water partition coefficient (Wildman–Crippen LogP) is 1.97. The normalized spacial score (nSPS) is 10.5. The van der Waals surface area contributed by atoms with Crippen LogP contribution < -0.4 is 5.32 Å². The molecule has 0 amide bonds. The molecule has 2 heterocycles. The Kier molecular flexibility index (Phi) is 3.37. The van der Waals surface area contributed by atoms with Crippen LogP contribution in [0, 0.1) is 5.82 Å². The van der Waals surface area contributed by atoms with Gasteiger partial charge in [0.25, 0.3) is 0 Å². The molecule has 0 atom stereocenters. The van der Waals surface area contributed by atoms with Crippen LogP contribution in [0.1, 0.15) is 11.4 Å². The van der Waals surface area contributed by atoms with Crippen molar-refractivity contribution < 1.29 is 4.39 Å². The van der Waals surface area contributed by atoms with Crippen LogP contribution in [-0.2, 0) is 13.1 Å². The van der Waals surface area contributed by atoms with E-state index in [2.05, 4.69) is 15.3 Å². The van der Waals surface area contributed by atoms with Crippen LogP contribution in [0.15, 0.2) is 29.2 Å². The summed E-state index contributed by atoms with van der Waals surface area (Å²) < 4.78 is 13.1. The lowest BCUT2D eigenvalue weighted by molar-refractivity contribution is 0.572. The second kappa shape index (κ2) is 4.95. The predicted molar refractivity (Wildman–Crippen MR) is 56.9 cm³/mol. The minimum atomic E-state index is -0.275. The van der Waals surface area contributed by atoms with Crippen molar-refractivity contribution in [1.29, 1.82) is 0 Å². The van der Waals surface area contributed by atoms with Crippen molar-refractivity contribution in [2.24, 2.45) is 0 Å². The molecule has 0 unspecified atom stereocenters. The van der Waals surface area contributed by atoms with Gasteiger partial charge in [0.1, 0.15) is 5.82 Å². The van der Waals surface area contributed by atoms with E-state index in [0.29, 0.717) is 18.8 Å². The zero-order valence-electron chi connectivity index (χ0n) is 7.98. The summed E-state index contributed by atoms with van der Waals surface area (Å²) in [5.74, 6) is -0.275. The Labute approximate surface area is 91.0 Å². The quantitative estimate of drug-likeness (QED) is 0.861. The van der Waals surface area contributed by atoms with Gasteiger partial charge in [-0.3, -0.25) is 4.98 Å². The highest BCUT2D eigenvalue weighted by atomic mass is 32.1. The van der Waals surface area contributed by atoms with Crippen LogP contribution in [0.3, 0.4) is 0 Å². The van der Waals surface area contributed by atoms with Crippen molar-refractivity contribution in [3.05, 3.63) is 46.4 Å². The van der Waals surface area contributed by atoms with Crippen molar-refractivity contribution in [1.82, 2.24) is 15.3 Å². The summed E-state index contributed by atoms with van der Waals surface area (Å²) in [5, 5.41) is 5.05. The van der Waals surface area contributed by atoms with Crippen molar-refractivity contribution in [3.63, 3.8) is 0 Å².